The molecule has 88 valence electrons. The lowest BCUT2D eigenvalue weighted by Gasteiger charge is -1.93. The number of carboxylic acid groups (broad SMARTS) is 1. The van der Waals surface area contributed by atoms with Gasteiger partial charge in [-0.3, -0.25) is 4.79 Å². The summed E-state index contributed by atoms with van der Waals surface area (Å²) in [4.78, 5) is 16.6. The van der Waals surface area contributed by atoms with Crippen LogP contribution in [0.3, 0.4) is 0 Å². The first-order chi connectivity index (χ1) is 8.16. The number of hydrogen-bond acceptors (Lipinski definition) is 4. The number of thiazole rings is 1. The molecule has 17 heavy (non-hydrogen) atoms. The van der Waals surface area contributed by atoms with Gasteiger partial charge in [0.25, 0.3) is 0 Å². The molecular weight excluding hydrogens is 254 g/mol. The number of hydrogen-bond donors (Lipinski definition) is 1. The Morgan fingerprint density at radius 1 is 1.53 bits per heavy atom. The average molecular weight is 265 g/mol. The van der Waals surface area contributed by atoms with Gasteiger partial charge in [-0.25, -0.2) is 4.98 Å². The minimum Gasteiger partial charge on any atom is -0.481 e. The zero-order chi connectivity index (χ0) is 12.0. The first kappa shape index (κ1) is 10.9. The Morgan fingerprint density at radius 2 is 2.35 bits per heavy atom. The van der Waals surface area contributed by atoms with E-state index in [0.717, 1.165) is 17.1 Å². The predicted molar refractivity (Wildman–Crippen MR) is 68.6 cm³/mol. The Balaban J connectivity index is 1.85. The molecule has 2 aromatic heterocycles. The summed E-state index contributed by atoms with van der Waals surface area (Å²) >= 11 is 3.30. The largest absolute Gasteiger partial charge is 0.481 e. The van der Waals surface area contributed by atoms with Gasteiger partial charge in [0, 0.05) is 11.3 Å². The zero-order valence-corrected chi connectivity index (χ0v) is 10.8. The van der Waals surface area contributed by atoms with Gasteiger partial charge in [0.2, 0.25) is 0 Å². The summed E-state index contributed by atoms with van der Waals surface area (Å²) in [5.74, 6) is -0.774. The van der Waals surface area contributed by atoms with Crippen LogP contribution in [0.4, 0.5) is 0 Å². The van der Waals surface area contributed by atoms with Crippen molar-refractivity contribution < 1.29 is 9.90 Å². The molecule has 0 amide bonds. The summed E-state index contributed by atoms with van der Waals surface area (Å²) in [5, 5.41) is 14.0. The lowest BCUT2D eigenvalue weighted by atomic mass is 10.2. The van der Waals surface area contributed by atoms with Crippen LogP contribution in [0.1, 0.15) is 23.6 Å². The van der Waals surface area contributed by atoms with E-state index in [9.17, 15) is 4.79 Å². The maximum Gasteiger partial charge on any atom is 0.307 e. The number of aliphatic carboxylic acids is 1. The minimum atomic E-state index is -0.697. The van der Waals surface area contributed by atoms with Crippen LogP contribution >= 0.6 is 22.7 Å². The van der Waals surface area contributed by atoms with Crippen LogP contribution in [-0.2, 0) is 4.79 Å². The molecule has 0 spiro atoms. The summed E-state index contributed by atoms with van der Waals surface area (Å²) in [7, 11) is 0. The number of aromatic nitrogens is 1. The monoisotopic (exact) mass is 265 g/mol. The minimum absolute atomic E-state index is 0.137. The Morgan fingerprint density at radius 3 is 2.94 bits per heavy atom. The van der Waals surface area contributed by atoms with Crippen LogP contribution in [0.5, 0.6) is 0 Å². The lowest BCUT2D eigenvalue weighted by molar-refractivity contribution is -0.138. The fourth-order valence-corrected chi connectivity index (χ4v) is 3.93. The van der Waals surface area contributed by atoms with Crippen molar-refractivity contribution in [2.45, 2.75) is 19.3 Å². The molecule has 1 aliphatic carbocycles. The molecule has 0 saturated heterocycles. The van der Waals surface area contributed by atoms with Gasteiger partial charge in [-0.1, -0.05) is 0 Å². The van der Waals surface area contributed by atoms with E-state index < -0.39 is 5.97 Å². The molecule has 1 N–H and O–H groups in total. The molecule has 2 aromatic rings. The van der Waals surface area contributed by atoms with Crippen molar-refractivity contribution in [1.82, 2.24) is 4.98 Å². The Hall–Kier alpha value is -1.20. The van der Waals surface area contributed by atoms with Gasteiger partial charge in [0.15, 0.2) is 0 Å². The predicted octanol–water partition coefficient (Wildman–Crippen LogP) is 3.37. The summed E-state index contributed by atoms with van der Waals surface area (Å²) < 4.78 is 0. The van der Waals surface area contributed by atoms with Crippen molar-refractivity contribution in [2.75, 3.05) is 0 Å². The maximum absolute atomic E-state index is 10.8. The van der Waals surface area contributed by atoms with Crippen LogP contribution in [0.2, 0.25) is 0 Å². The van der Waals surface area contributed by atoms with Crippen molar-refractivity contribution in [3.63, 3.8) is 0 Å². The molecule has 3 nitrogen and oxygen atoms in total. The summed E-state index contributed by atoms with van der Waals surface area (Å²) in [6.45, 7) is 2.07. The molecule has 0 radical (unpaired) electrons. The second-order valence-corrected chi connectivity index (χ2v) is 6.07. The van der Waals surface area contributed by atoms with Gasteiger partial charge in [-0.15, -0.1) is 22.7 Å². The van der Waals surface area contributed by atoms with Crippen LogP contribution in [0, 0.1) is 12.8 Å². The average Bonchev–Trinajstić information content (AvgIpc) is 2.75. The van der Waals surface area contributed by atoms with Gasteiger partial charge in [0.05, 0.1) is 16.5 Å². The highest BCUT2D eigenvalue weighted by Crippen LogP contribution is 2.48. The number of thiophene rings is 1. The molecule has 0 aromatic carbocycles. The second-order valence-electron chi connectivity index (χ2n) is 4.30. The topological polar surface area (TPSA) is 50.2 Å². The fraction of sp³-hybridized carbons (Fsp3) is 0.333. The second kappa shape index (κ2) is 3.92. The van der Waals surface area contributed by atoms with Gasteiger partial charge in [0.1, 0.15) is 5.01 Å². The van der Waals surface area contributed by atoms with E-state index in [1.165, 1.54) is 10.4 Å². The molecule has 2 heterocycles. The van der Waals surface area contributed by atoms with Crippen molar-refractivity contribution in [2.24, 2.45) is 5.92 Å². The third-order valence-corrected chi connectivity index (χ3v) is 5.10. The summed E-state index contributed by atoms with van der Waals surface area (Å²) in [6, 6.07) is 2.08. The van der Waals surface area contributed by atoms with E-state index in [0.29, 0.717) is 0 Å². The number of nitrogens with zero attached hydrogens (tertiary/aromatic N) is 1. The molecule has 1 fully saturated rings. The van der Waals surface area contributed by atoms with Crippen molar-refractivity contribution >= 4 is 28.6 Å². The van der Waals surface area contributed by atoms with Gasteiger partial charge < -0.3 is 5.11 Å². The molecular formula is C12H11NO2S2. The molecule has 0 bridgehead atoms. The highest BCUT2D eigenvalue weighted by atomic mass is 32.1. The van der Waals surface area contributed by atoms with E-state index in [2.05, 4.69) is 23.4 Å². The number of carbonyl (C=O) groups is 1. The Kier molecular flexibility index (Phi) is 2.52. The molecule has 3 rings (SSSR count). The van der Waals surface area contributed by atoms with Gasteiger partial charge >= 0.3 is 5.97 Å². The van der Waals surface area contributed by atoms with Crippen molar-refractivity contribution in [1.29, 1.82) is 0 Å². The molecule has 1 saturated carbocycles. The summed E-state index contributed by atoms with van der Waals surface area (Å²) in [6.07, 6.45) is 0.738. The van der Waals surface area contributed by atoms with E-state index >= 15 is 0 Å². The smallest absolute Gasteiger partial charge is 0.307 e. The van der Waals surface area contributed by atoms with E-state index in [1.807, 2.05) is 5.38 Å². The Bertz CT molecular complexity index is 573. The maximum atomic E-state index is 10.8. The lowest BCUT2D eigenvalue weighted by Crippen LogP contribution is -1.98. The molecule has 2 atom stereocenters. The summed E-state index contributed by atoms with van der Waals surface area (Å²) in [5.41, 5.74) is 2.19. The SMILES string of the molecule is Cc1ccsc1-c1nc(C2CC2C(=O)O)cs1. The molecule has 1 aliphatic rings. The van der Waals surface area contributed by atoms with E-state index in [4.69, 9.17) is 5.11 Å². The van der Waals surface area contributed by atoms with Crippen molar-refractivity contribution in [3.05, 3.63) is 28.1 Å². The van der Waals surface area contributed by atoms with E-state index in [-0.39, 0.29) is 11.8 Å². The van der Waals surface area contributed by atoms with Gasteiger partial charge in [-0.2, -0.15) is 0 Å². The first-order valence-corrected chi connectivity index (χ1v) is 7.15. The standard InChI is InChI=1S/C12H11NO2S2/c1-6-2-3-16-10(6)11-13-9(5-17-11)7-4-8(7)12(14)15/h2-3,5,7-8H,4H2,1H3,(H,14,15). The first-order valence-electron chi connectivity index (χ1n) is 5.39. The fourth-order valence-electron chi connectivity index (χ4n) is 1.95. The van der Waals surface area contributed by atoms with Crippen LogP contribution in [0.15, 0.2) is 16.8 Å². The molecule has 5 heteroatoms. The van der Waals surface area contributed by atoms with E-state index in [1.54, 1.807) is 22.7 Å². The van der Waals surface area contributed by atoms with Crippen LogP contribution in [-0.4, -0.2) is 16.1 Å². The number of aryl methyl sites for hydroxylation is 1. The number of rotatable bonds is 3. The quantitative estimate of drug-likeness (QED) is 0.925. The highest BCUT2D eigenvalue weighted by molar-refractivity contribution is 7.20. The number of carboxylic acids is 1. The molecule has 2 unspecified atom stereocenters. The Labute approximate surface area is 107 Å². The third kappa shape index (κ3) is 1.89. The highest BCUT2D eigenvalue weighted by Gasteiger charge is 2.45. The van der Waals surface area contributed by atoms with Crippen LogP contribution < -0.4 is 0 Å². The molecule has 0 aliphatic heterocycles. The third-order valence-electron chi connectivity index (χ3n) is 3.07. The van der Waals surface area contributed by atoms with Crippen LogP contribution in [0.25, 0.3) is 9.88 Å². The normalized spacial score (nSPS) is 22.6. The zero-order valence-electron chi connectivity index (χ0n) is 9.21. The van der Waals surface area contributed by atoms with Gasteiger partial charge in [-0.05, 0) is 30.4 Å². The van der Waals surface area contributed by atoms with Crippen molar-refractivity contribution in [3.8, 4) is 9.88 Å².